The molecule has 0 amide bonds. The van der Waals surface area contributed by atoms with Crippen LogP contribution in [0.3, 0.4) is 0 Å². The molecule has 3 heteroatoms. The summed E-state index contributed by atoms with van der Waals surface area (Å²) in [4.78, 5) is 6.87. The van der Waals surface area contributed by atoms with Crippen molar-refractivity contribution < 1.29 is 0 Å². The molecule has 0 atom stereocenters. The number of nitrogens with zero attached hydrogens (tertiary/aromatic N) is 2. The average Bonchev–Trinajstić information content (AvgIpc) is 2.98. The molecule has 15 heavy (non-hydrogen) atoms. The van der Waals surface area contributed by atoms with Crippen LogP contribution < -0.4 is 10.6 Å². The highest BCUT2D eigenvalue weighted by Gasteiger charge is 2.34. The van der Waals surface area contributed by atoms with E-state index in [1.165, 1.54) is 18.7 Å². The zero-order valence-electron chi connectivity index (χ0n) is 8.69. The molecule has 1 aliphatic heterocycles. The number of anilines is 2. The van der Waals surface area contributed by atoms with E-state index in [1.807, 2.05) is 18.2 Å². The van der Waals surface area contributed by atoms with Crippen molar-refractivity contribution in [1.29, 1.82) is 0 Å². The second kappa shape index (κ2) is 3.26. The minimum absolute atomic E-state index is 0.701. The van der Waals surface area contributed by atoms with Gasteiger partial charge in [0.05, 0.1) is 17.9 Å². The quantitative estimate of drug-likeness (QED) is 0.742. The van der Waals surface area contributed by atoms with Crippen molar-refractivity contribution in [3.8, 4) is 0 Å². The molecule has 0 spiro atoms. The van der Waals surface area contributed by atoms with E-state index in [9.17, 15) is 0 Å². The number of benzene rings is 1. The first kappa shape index (κ1) is 8.77. The van der Waals surface area contributed by atoms with E-state index < -0.39 is 0 Å². The summed E-state index contributed by atoms with van der Waals surface area (Å²) in [5, 5.41) is 0. The van der Waals surface area contributed by atoms with Crippen LogP contribution in [0.4, 0.5) is 11.4 Å². The lowest BCUT2D eigenvalue weighted by atomic mass is 10.2. The van der Waals surface area contributed by atoms with Crippen molar-refractivity contribution in [3.63, 3.8) is 0 Å². The second-order valence-corrected chi connectivity index (χ2v) is 4.22. The maximum atomic E-state index is 5.99. The molecular weight excluding hydrogens is 186 g/mol. The van der Waals surface area contributed by atoms with E-state index in [4.69, 9.17) is 5.73 Å². The Morgan fingerprint density at radius 2 is 2.07 bits per heavy atom. The van der Waals surface area contributed by atoms with Gasteiger partial charge in [-0.05, 0) is 25.0 Å². The summed E-state index contributed by atoms with van der Waals surface area (Å²) < 4.78 is 0. The van der Waals surface area contributed by atoms with Gasteiger partial charge < -0.3 is 10.6 Å². The molecule has 3 rings (SSSR count). The van der Waals surface area contributed by atoms with Crippen LogP contribution in [0.5, 0.6) is 0 Å². The standard InChI is InChI=1S/C12H15N3/c13-10-3-1-2-4-11(10)15-8-7-14-12(15)9-5-6-9/h1-4,9H,5-8,13H2. The van der Waals surface area contributed by atoms with Crippen LogP contribution in [-0.4, -0.2) is 18.9 Å². The van der Waals surface area contributed by atoms with Gasteiger partial charge in [-0.1, -0.05) is 12.1 Å². The fourth-order valence-electron chi connectivity index (χ4n) is 2.13. The van der Waals surface area contributed by atoms with Gasteiger partial charge in [0.1, 0.15) is 5.84 Å². The van der Waals surface area contributed by atoms with Gasteiger partial charge in [0.25, 0.3) is 0 Å². The molecule has 1 aromatic rings. The maximum Gasteiger partial charge on any atom is 0.107 e. The van der Waals surface area contributed by atoms with Crippen LogP contribution in [-0.2, 0) is 0 Å². The highest BCUT2D eigenvalue weighted by Crippen LogP contribution is 2.36. The molecular formula is C12H15N3. The Hall–Kier alpha value is -1.51. The number of rotatable bonds is 2. The summed E-state index contributed by atoms with van der Waals surface area (Å²) in [6.45, 7) is 1.90. The molecule has 2 N–H and O–H groups in total. The van der Waals surface area contributed by atoms with Crippen molar-refractivity contribution in [2.24, 2.45) is 10.9 Å². The molecule has 1 saturated carbocycles. The molecule has 1 aliphatic carbocycles. The monoisotopic (exact) mass is 201 g/mol. The molecule has 1 heterocycles. The Morgan fingerprint density at radius 3 is 2.80 bits per heavy atom. The number of hydrogen-bond acceptors (Lipinski definition) is 3. The SMILES string of the molecule is Nc1ccccc1N1CCN=C1C1CC1. The van der Waals surface area contributed by atoms with Gasteiger partial charge in [0.15, 0.2) is 0 Å². The van der Waals surface area contributed by atoms with Crippen LogP contribution in [0, 0.1) is 5.92 Å². The van der Waals surface area contributed by atoms with E-state index in [0.717, 1.165) is 24.5 Å². The van der Waals surface area contributed by atoms with E-state index >= 15 is 0 Å². The zero-order chi connectivity index (χ0) is 10.3. The minimum Gasteiger partial charge on any atom is -0.397 e. The smallest absolute Gasteiger partial charge is 0.107 e. The normalized spacial score (nSPS) is 20.5. The third-order valence-electron chi connectivity index (χ3n) is 3.04. The van der Waals surface area contributed by atoms with Gasteiger partial charge in [-0.2, -0.15) is 0 Å². The summed E-state index contributed by atoms with van der Waals surface area (Å²) in [5.74, 6) is 1.96. The number of hydrogen-bond donors (Lipinski definition) is 1. The first-order valence-corrected chi connectivity index (χ1v) is 5.52. The Balaban J connectivity index is 1.94. The number of nitrogen functional groups attached to an aromatic ring is 1. The molecule has 2 aliphatic rings. The van der Waals surface area contributed by atoms with Crippen molar-refractivity contribution in [2.45, 2.75) is 12.8 Å². The van der Waals surface area contributed by atoms with Crippen molar-refractivity contribution >= 4 is 17.2 Å². The number of aliphatic imine (C=N–C) groups is 1. The Kier molecular flexibility index (Phi) is 1.91. The zero-order valence-corrected chi connectivity index (χ0v) is 8.69. The van der Waals surface area contributed by atoms with Crippen molar-refractivity contribution in [3.05, 3.63) is 24.3 Å². The Bertz CT molecular complexity index is 407. The molecule has 0 bridgehead atoms. The molecule has 1 aromatic carbocycles. The molecule has 3 nitrogen and oxygen atoms in total. The third kappa shape index (κ3) is 1.48. The first-order chi connectivity index (χ1) is 7.36. The summed E-state index contributed by atoms with van der Waals surface area (Å²) in [5.41, 5.74) is 7.97. The lowest BCUT2D eigenvalue weighted by Gasteiger charge is -2.21. The van der Waals surface area contributed by atoms with Crippen LogP contribution in [0.25, 0.3) is 0 Å². The Morgan fingerprint density at radius 1 is 1.27 bits per heavy atom. The predicted octanol–water partition coefficient (Wildman–Crippen LogP) is 1.90. The minimum atomic E-state index is 0.701. The van der Waals surface area contributed by atoms with Crippen LogP contribution >= 0.6 is 0 Å². The summed E-state index contributed by atoms with van der Waals surface area (Å²) >= 11 is 0. The largest absolute Gasteiger partial charge is 0.397 e. The maximum absolute atomic E-state index is 5.99. The molecule has 0 saturated heterocycles. The molecule has 1 fully saturated rings. The fourth-order valence-corrected chi connectivity index (χ4v) is 2.13. The summed E-state index contributed by atoms with van der Waals surface area (Å²) in [6.07, 6.45) is 2.59. The van der Waals surface area contributed by atoms with E-state index in [1.54, 1.807) is 0 Å². The molecule has 78 valence electrons. The van der Waals surface area contributed by atoms with Gasteiger partial charge in [-0.15, -0.1) is 0 Å². The first-order valence-electron chi connectivity index (χ1n) is 5.52. The Labute approximate surface area is 89.6 Å². The van der Waals surface area contributed by atoms with Crippen LogP contribution in [0.1, 0.15) is 12.8 Å². The van der Waals surface area contributed by atoms with E-state index in [0.29, 0.717) is 5.92 Å². The average molecular weight is 201 g/mol. The summed E-state index contributed by atoms with van der Waals surface area (Å²) in [7, 11) is 0. The molecule has 0 radical (unpaired) electrons. The second-order valence-electron chi connectivity index (χ2n) is 4.22. The number of nitrogens with two attached hydrogens (primary N) is 1. The molecule has 0 aromatic heterocycles. The summed E-state index contributed by atoms with van der Waals surface area (Å²) in [6, 6.07) is 8.05. The number of amidine groups is 1. The topological polar surface area (TPSA) is 41.6 Å². The lowest BCUT2D eigenvalue weighted by Crippen LogP contribution is -2.29. The van der Waals surface area contributed by atoms with Gasteiger partial charge in [0.2, 0.25) is 0 Å². The van der Waals surface area contributed by atoms with Crippen molar-refractivity contribution in [2.75, 3.05) is 23.7 Å². The fraction of sp³-hybridized carbons (Fsp3) is 0.417. The predicted molar refractivity (Wildman–Crippen MR) is 63.2 cm³/mol. The van der Waals surface area contributed by atoms with Gasteiger partial charge in [-0.25, -0.2) is 0 Å². The molecule has 0 unspecified atom stereocenters. The highest BCUT2D eigenvalue weighted by molar-refractivity contribution is 6.04. The van der Waals surface area contributed by atoms with Crippen LogP contribution in [0.2, 0.25) is 0 Å². The van der Waals surface area contributed by atoms with Crippen LogP contribution in [0.15, 0.2) is 29.3 Å². The van der Waals surface area contributed by atoms with E-state index in [2.05, 4.69) is 16.0 Å². The highest BCUT2D eigenvalue weighted by atomic mass is 15.3. The van der Waals surface area contributed by atoms with E-state index in [-0.39, 0.29) is 0 Å². The van der Waals surface area contributed by atoms with Gasteiger partial charge in [0, 0.05) is 12.5 Å². The number of para-hydroxylation sites is 2. The van der Waals surface area contributed by atoms with Crippen molar-refractivity contribution in [1.82, 2.24) is 0 Å². The lowest BCUT2D eigenvalue weighted by molar-refractivity contribution is 1.01. The van der Waals surface area contributed by atoms with Gasteiger partial charge in [-0.3, -0.25) is 4.99 Å². The third-order valence-corrected chi connectivity index (χ3v) is 3.04. The van der Waals surface area contributed by atoms with Gasteiger partial charge >= 0.3 is 0 Å².